The first-order valence-corrected chi connectivity index (χ1v) is 12.2. The molecule has 26 heavy (non-hydrogen) atoms. The van der Waals surface area contributed by atoms with E-state index in [0.29, 0.717) is 13.2 Å². The van der Waals surface area contributed by atoms with Crippen LogP contribution in [0.4, 0.5) is 0 Å². The lowest BCUT2D eigenvalue weighted by molar-refractivity contribution is 0.262. The first kappa shape index (κ1) is 20.7. The Morgan fingerprint density at radius 3 is 2.12 bits per heavy atom. The van der Waals surface area contributed by atoms with Gasteiger partial charge in [0.15, 0.2) is 8.32 Å². The molecule has 2 rings (SSSR count). The molecule has 0 unspecified atom stereocenters. The van der Waals surface area contributed by atoms with E-state index in [4.69, 9.17) is 14.9 Å². The molecule has 2 aromatic rings. The summed E-state index contributed by atoms with van der Waals surface area (Å²) >= 11 is 0. The molecule has 3 nitrogen and oxygen atoms in total. The Balaban J connectivity index is 1.81. The molecule has 0 aliphatic carbocycles. The third-order valence-electron chi connectivity index (χ3n) is 5.13. The van der Waals surface area contributed by atoms with Gasteiger partial charge in [0, 0.05) is 12.6 Å². The predicted molar refractivity (Wildman–Crippen MR) is 112 cm³/mol. The largest absolute Gasteiger partial charge is 0.489 e. The summed E-state index contributed by atoms with van der Waals surface area (Å²) in [6, 6.07) is 18.4. The maximum absolute atomic E-state index is 6.29. The highest BCUT2D eigenvalue weighted by atomic mass is 28.4. The summed E-state index contributed by atoms with van der Waals surface area (Å²) < 4.78 is 12.1. The third kappa shape index (κ3) is 6.27. The summed E-state index contributed by atoms with van der Waals surface area (Å²) in [7, 11) is -1.74. The SMILES string of the molecule is CC(C)(C)[Si](C)(C)OC[C@@H](N)Cc1ccc(OCc2ccccc2)cc1. The lowest BCUT2D eigenvalue weighted by atomic mass is 10.1. The van der Waals surface area contributed by atoms with Crippen LogP contribution in [0.15, 0.2) is 54.6 Å². The fourth-order valence-corrected chi connectivity index (χ4v) is 3.42. The normalized spacial score (nSPS) is 13.5. The molecular formula is C22H33NO2Si. The van der Waals surface area contributed by atoms with Crippen molar-refractivity contribution in [2.45, 2.75) is 58.0 Å². The van der Waals surface area contributed by atoms with Gasteiger partial charge >= 0.3 is 0 Å². The van der Waals surface area contributed by atoms with Gasteiger partial charge in [-0.3, -0.25) is 0 Å². The highest BCUT2D eigenvalue weighted by molar-refractivity contribution is 6.74. The molecule has 1 atom stereocenters. The summed E-state index contributed by atoms with van der Waals surface area (Å²) in [5, 5.41) is 0.213. The molecule has 2 aromatic carbocycles. The van der Waals surface area contributed by atoms with Crippen LogP contribution in [0.5, 0.6) is 5.75 Å². The molecule has 0 bridgehead atoms. The zero-order valence-corrected chi connectivity index (χ0v) is 17.8. The number of benzene rings is 2. The van der Waals surface area contributed by atoms with Crippen LogP contribution in [0.2, 0.25) is 18.1 Å². The fraction of sp³-hybridized carbons (Fsp3) is 0.455. The van der Waals surface area contributed by atoms with Crippen molar-refractivity contribution in [2.24, 2.45) is 5.73 Å². The van der Waals surface area contributed by atoms with Gasteiger partial charge in [-0.25, -0.2) is 0 Å². The van der Waals surface area contributed by atoms with E-state index in [-0.39, 0.29) is 11.1 Å². The van der Waals surface area contributed by atoms with Crippen molar-refractivity contribution in [1.29, 1.82) is 0 Å². The summed E-state index contributed by atoms with van der Waals surface area (Å²) in [5.41, 5.74) is 8.67. The molecule has 0 fully saturated rings. The van der Waals surface area contributed by atoms with Gasteiger partial charge in [-0.05, 0) is 47.8 Å². The van der Waals surface area contributed by atoms with Gasteiger partial charge in [0.05, 0.1) is 0 Å². The summed E-state index contributed by atoms with van der Waals surface area (Å²) in [5.74, 6) is 0.878. The van der Waals surface area contributed by atoms with E-state index in [1.54, 1.807) is 0 Å². The quantitative estimate of drug-likeness (QED) is 0.652. The van der Waals surface area contributed by atoms with Crippen molar-refractivity contribution in [3.05, 3.63) is 65.7 Å². The molecule has 0 aromatic heterocycles. The molecule has 2 N–H and O–H groups in total. The number of hydrogen-bond acceptors (Lipinski definition) is 3. The second kappa shape index (κ2) is 8.85. The van der Waals surface area contributed by atoms with E-state index in [0.717, 1.165) is 12.2 Å². The Hall–Kier alpha value is -1.62. The summed E-state index contributed by atoms with van der Waals surface area (Å²) in [4.78, 5) is 0. The monoisotopic (exact) mass is 371 g/mol. The molecule has 142 valence electrons. The Morgan fingerprint density at radius 2 is 1.54 bits per heavy atom. The Morgan fingerprint density at radius 1 is 0.923 bits per heavy atom. The van der Waals surface area contributed by atoms with Crippen LogP contribution in [-0.2, 0) is 17.5 Å². The van der Waals surface area contributed by atoms with Gasteiger partial charge < -0.3 is 14.9 Å². The van der Waals surface area contributed by atoms with Crippen LogP contribution in [0.3, 0.4) is 0 Å². The van der Waals surface area contributed by atoms with Crippen molar-refractivity contribution >= 4 is 8.32 Å². The zero-order valence-electron chi connectivity index (χ0n) is 16.8. The minimum atomic E-state index is -1.74. The first-order chi connectivity index (χ1) is 12.2. The molecule has 0 saturated heterocycles. The van der Waals surface area contributed by atoms with Crippen LogP contribution in [0.25, 0.3) is 0 Å². The topological polar surface area (TPSA) is 44.5 Å². The van der Waals surface area contributed by atoms with E-state index in [9.17, 15) is 0 Å². The summed E-state index contributed by atoms with van der Waals surface area (Å²) in [6.07, 6.45) is 0.813. The fourth-order valence-electron chi connectivity index (χ4n) is 2.36. The molecule has 0 aliphatic heterocycles. The van der Waals surface area contributed by atoms with Crippen LogP contribution in [0.1, 0.15) is 31.9 Å². The highest BCUT2D eigenvalue weighted by Crippen LogP contribution is 2.36. The Labute approximate surface area is 159 Å². The smallest absolute Gasteiger partial charge is 0.192 e. The highest BCUT2D eigenvalue weighted by Gasteiger charge is 2.37. The standard InChI is InChI=1S/C22H33NO2Si/c1-22(2,3)26(4,5)25-17-20(23)15-18-11-13-21(14-12-18)24-16-19-9-7-6-8-10-19/h6-14,20H,15-17,23H2,1-5H3/t20-/m0/s1. The van der Waals surface area contributed by atoms with E-state index >= 15 is 0 Å². The Bertz CT molecular complexity index is 663. The Kier molecular flexibility index (Phi) is 7.04. The molecule has 0 radical (unpaired) electrons. The van der Waals surface area contributed by atoms with Crippen molar-refractivity contribution in [1.82, 2.24) is 0 Å². The molecule has 4 heteroatoms. The second-order valence-corrected chi connectivity index (χ2v) is 13.3. The van der Waals surface area contributed by atoms with Crippen molar-refractivity contribution in [3.8, 4) is 5.75 Å². The molecular weight excluding hydrogens is 338 g/mol. The molecule has 0 saturated carbocycles. The average Bonchev–Trinajstić information content (AvgIpc) is 2.59. The molecule has 0 amide bonds. The van der Waals surface area contributed by atoms with Gasteiger partial charge in [0.2, 0.25) is 0 Å². The van der Waals surface area contributed by atoms with Gasteiger partial charge in [-0.2, -0.15) is 0 Å². The minimum Gasteiger partial charge on any atom is -0.489 e. The minimum absolute atomic E-state index is 0.0141. The van der Waals surface area contributed by atoms with Crippen molar-refractivity contribution in [3.63, 3.8) is 0 Å². The zero-order chi connectivity index (χ0) is 19.2. The lowest BCUT2D eigenvalue weighted by Gasteiger charge is -2.37. The average molecular weight is 372 g/mol. The van der Waals surface area contributed by atoms with E-state index < -0.39 is 8.32 Å². The lowest BCUT2D eigenvalue weighted by Crippen LogP contribution is -2.44. The van der Waals surface area contributed by atoms with Gasteiger partial charge in [-0.1, -0.05) is 63.2 Å². The molecule has 0 aliphatic rings. The van der Waals surface area contributed by atoms with E-state index in [1.165, 1.54) is 11.1 Å². The third-order valence-corrected chi connectivity index (χ3v) is 9.63. The second-order valence-electron chi connectivity index (χ2n) is 8.45. The predicted octanol–water partition coefficient (Wildman–Crippen LogP) is 5.16. The van der Waals surface area contributed by atoms with E-state index in [1.807, 2.05) is 30.3 Å². The number of rotatable bonds is 8. The molecule has 0 heterocycles. The van der Waals surface area contributed by atoms with Crippen LogP contribution >= 0.6 is 0 Å². The van der Waals surface area contributed by atoms with Crippen LogP contribution in [-0.4, -0.2) is 21.0 Å². The first-order valence-electron chi connectivity index (χ1n) is 9.32. The number of hydrogen-bond donors (Lipinski definition) is 1. The summed E-state index contributed by atoms with van der Waals surface area (Å²) in [6.45, 7) is 12.5. The maximum Gasteiger partial charge on any atom is 0.192 e. The number of ether oxygens (including phenoxy) is 1. The van der Waals surface area contributed by atoms with Crippen molar-refractivity contribution in [2.75, 3.05) is 6.61 Å². The van der Waals surface area contributed by atoms with Crippen molar-refractivity contribution < 1.29 is 9.16 Å². The van der Waals surface area contributed by atoms with Gasteiger partial charge in [0.25, 0.3) is 0 Å². The van der Waals surface area contributed by atoms with Gasteiger partial charge in [0.1, 0.15) is 12.4 Å². The number of nitrogens with two attached hydrogens (primary N) is 1. The van der Waals surface area contributed by atoms with Crippen LogP contribution in [0, 0.1) is 0 Å². The van der Waals surface area contributed by atoms with Gasteiger partial charge in [-0.15, -0.1) is 0 Å². The van der Waals surface area contributed by atoms with E-state index in [2.05, 4.69) is 58.1 Å². The maximum atomic E-state index is 6.29. The molecule has 0 spiro atoms. The van der Waals surface area contributed by atoms with Crippen LogP contribution < -0.4 is 10.5 Å².